The van der Waals surface area contributed by atoms with Gasteiger partial charge in [0.2, 0.25) is 0 Å². The Bertz CT molecular complexity index is 420. The average Bonchev–Trinajstić information content (AvgIpc) is 2.19. The molecule has 1 aromatic carbocycles. The Morgan fingerprint density at radius 3 is 2.33 bits per heavy atom. The number of hydrogen-bond acceptors (Lipinski definition) is 1. The summed E-state index contributed by atoms with van der Waals surface area (Å²) < 4.78 is 38.6. The molecule has 0 aliphatic carbocycles. The van der Waals surface area contributed by atoms with Gasteiger partial charge in [0.25, 0.3) is 0 Å². The summed E-state index contributed by atoms with van der Waals surface area (Å²) in [4.78, 5) is 10.6. The molecule has 1 unspecified atom stereocenters. The standard InChI is InChI=1S/C9H6BrF3O2/c1-3(9(14)15)4-2-5(10)7(12)8(13)6(4)11/h2-3H,1H3,(H,14,15). The maximum Gasteiger partial charge on any atom is 0.310 e. The molecule has 0 fully saturated rings. The predicted molar refractivity (Wildman–Crippen MR) is 50.1 cm³/mol. The first kappa shape index (κ1) is 12.0. The highest BCUT2D eigenvalue weighted by Crippen LogP contribution is 2.28. The fraction of sp³-hybridized carbons (Fsp3) is 0.222. The van der Waals surface area contributed by atoms with Gasteiger partial charge in [-0.05, 0) is 28.9 Å². The van der Waals surface area contributed by atoms with Crippen LogP contribution in [0.25, 0.3) is 0 Å². The van der Waals surface area contributed by atoms with Gasteiger partial charge in [-0.15, -0.1) is 0 Å². The zero-order valence-electron chi connectivity index (χ0n) is 7.52. The molecule has 0 aromatic heterocycles. The molecule has 15 heavy (non-hydrogen) atoms. The summed E-state index contributed by atoms with van der Waals surface area (Å²) in [6, 6.07) is 0.923. The molecule has 0 saturated heterocycles. The van der Waals surface area contributed by atoms with Gasteiger partial charge in [-0.2, -0.15) is 0 Å². The van der Waals surface area contributed by atoms with Crippen LogP contribution in [0.3, 0.4) is 0 Å². The lowest BCUT2D eigenvalue weighted by Crippen LogP contribution is -2.11. The van der Waals surface area contributed by atoms with E-state index in [0.29, 0.717) is 0 Å². The van der Waals surface area contributed by atoms with Crippen molar-refractivity contribution in [2.75, 3.05) is 0 Å². The summed E-state index contributed by atoms with van der Waals surface area (Å²) in [5, 5.41) is 8.61. The molecule has 0 aliphatic heterocycles. The molecule has 0 bridgehead atoms. The van der Waals surface area contributed by atoms with Gasteiger partial charge in [0.05, 0.1) is 10.4 Å². The van der Waals surface area contributed by atoms with Crippen molar-refractivity contribution in [1.82, 2.24) is 0 Å². The van der Waals surface area contributed by atoms with Crippen LogP contribution in [0.4, 0.5) is 13.2 Å². The van der Waals surface area contributed by atoms with Crippen LogP contribution in [-0.2, 0) is 4.79 Å². The Hall–Kier alpha value is -1.04. The molecular weight excluding hydrogens is 277 g/mol. The molecule has 6 heteroatoms. The van der Waals surface area contributed by atoms with E-state index in [1.165, 1.54) is 6.92 Å². The fourth-order valence-corrected chi connectivity index (χ4v) is 1.46. The molecule has 1 rings (SSSR count). The second-order valence-electron chi connectivity index (χ2n) is 2.95. The van der Waals surface area contributed by atoms with Crippen LogP contribution in [0.2, 0.25) is 0 Å². The van der Waals surface area contributed by atoms with Crippen LogP contribution >= 0.6 is 15.9 Å². The van der Waals surface area contributed by atoms with E-state index in [1.54, 1.807) is 0 Å². The Kier molecular flexibility index (Phi) is 3.38. The predicted octanol–water partition coefficient (Wildman–Crippen LogP) is 3.05. The molecule has 1 N–H and O–H groups in total. The van der Waals surface area contributed by atoms with E-state index in [4.69, 9.17) is 5.11 Å². The first-order valence-corrected chi connectivity index (χ1v) is 4.71. The molecule has 0 radical (unpaired) electrons. The highest BCUT2D eigenvalue weighted by atomic mass is 79.9. The highest BCUT2D eigenvalue weighted by Gasteiger charge is 2.24. The summed E-state index contributed by atoms with van der Waals surface area (Å²) in [6.07, 6.45) is 0. The molecular formula is C9H6BrF3O2. The lowest BCUT2D eigenvalue weighted by Gasteiger charge is -2.09. The van der Waals surface area contributed by atoms with Gasteiger partial charge in [-0.3, -0.25) is 4.79 Å². The van der Waals surface area contributed by atoms with Gasteiger partial charge < -0.3 is 5.11 Å². The van der Waals surface area contributed by atoms with Gasteiger partial charge in [-0.1, -0.05) is 0 Å². The minimum atomic E-state index is -1.67. The summed E-state index contributed by atoms with van der Waals surface area (Å²) in [6.45, 7) is 1.19. The van der Waals surface area contributed by atoms with Crippen molar-refractivity contribution in [3.63, 3.8) is 0 Å². The monoisotopic (exact) mass is 282 g/mol. The number of carboxylic acid groups (broad SMARTS) is 1. The molecule has 0 spiro atoms. The maximum atomic E-state index is 13.2. The number of benzene rings is 1. The van der Waals surface area contributed by atoms with E-state index < -0.39 is 34.9 Å². The van der Waals surface area contributed by atoms with Crippen LogP contribution in [0, 0.1) is 17.5 Å². The van der Waals surface area contributed by atoms with Crippen molar-refractivity contribution in [3.8, 4) is 0 Å². The van der Waals surface area contributed by atoms with E-state index >= 15 is 0 Å². The minimum absolute atomic E-state index is 0.301. The van der Waals surface area contributed by atoms with Crippen LogP contribution in [-0.4, -0.2) is 11.1 Å². The Morgan fingerprint density at radius 2 is 1.87 bits per heavy atom. The molecule has 2 nitrogen and oxygen atoms in total. The summed E-state index contributed by atoms with van der Waals surface area (Å²) in [5.74, 6) is -7.06. The number of halogens is 4. The third-order valence-electron chi connectivity index (χ3n) is 1.97. The smallest absolute Gasteiger partial charge is 0.310 e. The number of carbonyl (C=O) groups is 1. The molecule has 1 aromatic rings. The molecule has 1 atom stereocenters. The summed E-state index contributed by atoms with van der Waals surface area (Å²) in [5.41, 5.74) is -0.395. The molecule has 82 valence electrons. The Balaban J connectivity index is 3.38. The average molecular weight is 283 g/mol. The van der Waals surface area contributed by atoms with Gasteiger partial charge >= 0.3 is 5.97 Å². The van der Waals surface area contributed by atoms with Crippen LogP contribution in [0.1, 0.15) is 18.4 Å². The quantitative estimate of drug-likeness (QED) is 0.669. The maximum absolute atomic E-state index is 13.2. The fourth-order valence-electron chi connectivity index (χ4n) is 1.04. The minimum Gasteiger partial charge on any atom is -0.481 e. The van der Waals surface area contributed by atoms with E-state index in [9.17, 15) is 18.0 Å². The van der Waals surface area contributed by atoms with Gasteiger partial charge in [-0.25, -0.2) is 13.2 Å². The van der Waals surface area contributed by atoms with E-state index in [-0.39, 0.29) is 4.47 Å². The topological polar surface area (TPSA) is 37.3 Å². The van der Waals surface area contributed by atoms with Crippen molar-refractivity contribution in [2.24, 2.45) is 0 Å². The van der Waals surface area contributed by atoms with Crippen molar-refractivity contribution in [2.45, 2.75) is 12.8 Å². The SMILES string of the molecule is CC(C(=O)O)c1cc(Br)c(F)c(F)c1F. The van der Waals surface area contributed by atoms with E-state index in [0.717, 1.165) is 6.07 Å². The first-order valence-electron chi connectivity index (χ1n) is 3.92. The lowest BCUT2D eigenvalue weighted by molar-refractivity contribution is -0.138. The molecule has 0 amide bonds. The Labute approximate surface area is 91.8 Å². The zero-order chi connectivity index (χ0) is 11.7. The van der Waals surface area contributed by atoms with Crippen LogP contribution in [0.5, 0.6) is 0 Å². The van der Waals surface area contributed by atoms with E-state index in [2.05, 4.69) is 15.9 Å². The normalized spacial score (nSPS) is 12.6. The number of hydrogen-bond donors (Lipinski definition) is 1. The number of aliphatic carboxylic acids is 1. The van der Waals surface area contributed by atoms with Crippen molar-refractivity contribution >= 4 is 21.9 Å². The molecule has 0 saturated carbocycles. The second kappa shape index (κ2) is 4.22. The van der Waals surface area contributed by atoms with Crippen molar-refractivity contribution in [3.05, 3.63) is 33.6 Å². The second-order valence-corrected chi connectivity index (χ2v) is 3.80. The van der Waals surface area contributed by atoms with E-state index in [1.807, 2.05) is 0 Å². The number of carboxylic acids is 1. The molecule has 0 aliphatic rings. The third kappa shape index (κ3) is 2.14. The highest BCUT2D eigenvalue weighted by molar-refractivity contribution is 9.10. The largest absolute Gasteiger partial charge is 0.481 e. The lowest BCUT2D eigenvalue weighted by atomic mass is 10.0. The van der Waals surface area contributed by atoms with Crippen LogP contribution < -0.4 is 0 Å². The van der Waals surface area contributed by atoms with Gasteiger partial charge in [0.15, 0.2) is 17.5 Å². The first-order chi connectivity index (χ1) is 6.86. The van der Waals surface area contributed by atoms with Gasteiger partial charge in [0, 0.05) is 5.56 Å². The summed E-state index contributed by atoms with van der Waals surface area (Å²) >= 11 is 2.67. The van der Waals surface area contributed by atoms with Gasteiger partial charge in [0.1, 0.15) is 0 Å². The number of rotatable bonds is 2. The van der Waals surface area contributed by atoms with Crippen LogP contribution in [0.15, 0.2) is 10.5 Å². The third-order valence-corrected chi connectivity index (χ3v) is 2.54. The zero-order valence-corrected chi connectivity index (χ0v) is 9.11. The van der Waals surface area contributed by atoms with Crippen molar-refractivity contribution < 1.29 is 23.1 Å². The Morgan fingerprint density at radius 1 is 1.33 bits per heavy atom. The molecule has 0 heterocycles. The van der Waals surface area contributed by atoms with Crippen molar-refractivity contribution in [1.29, 1.82) is 0 Å². The summed E-state index contributed by atoms with van der Waals surface area (Å²) in [7, 11) is 0.